The van der Waals surface area contributed by atoms with Crippen LogP contribution in [0, 0.1) is 6.92 Å². The normalized spacial score (nSPS) is 13.2. The Hall–Kier alpha value is -3.21. The van der Waals surface area contributed by atoms with Gasteiger partial charge in [0.15, 0.2) is 0 Å². The van der Waals surface area contributed by atoms with Crippen molar-refractivity contribution < 1.29 is 4.79 Å². The van der Waals surface area contributed by atoms with Gasteiger partial charge in [0.2, 0.25) is 11.9 Å². The molecular formula is C20H18N4O. The Morgan fingerprint density at radius 1 is 1.12 bits per heavy atom. The predicted octanol–water partition coefficient (Wildman–Crippen LogP) is 3.12. The van der Waals surface area contributed by atoms with E-state index in [4.69, 9.17) is 5.73 Å². The fourth-order valence-corrected chi connectivity index (χ4v) is 3.13. The van der Waals surface area contributed by atoms with Crippen molar-refractivity contribution in [3.05, 3.63) is 71.4 Å². The molecule has 0 atom stereocenters. The molecule has 1 aliphatic rings. The number of aromatic nitrogens is 2. The molecule has 0 spiro atoms. The van der Waals surface area contributed by atoms with Crippen LogP contribution in [0.2, 0.25) is 0 Å². The van der Waals surface area contributed by atoms with E-state index in [9.17, 15) is 4.79 Å². The highest BCUT2D eigenvalue weighted by Gasteiger charge is 2.27. The zero-order valence-corrected chi connectivity index (χ0v) is 13.9. The van der Waals surface area contributed by atoms with Crippen LogP contribution in [-0.4, -0.2) is 15.9 Å². The molecule has 1 amide bonds. The number of carbonyl (C=O) groups is 1. The van der Waals surface area contributed by atoms with Gasteiger partial charge in [0, 0.05) is 17.3 Å². The van der Waals surface area contributed by atoms with Crippen molar-refractivity contribution in [2.45, 2.75) is 19.9 Å². The fourth-order valence-electron chi connectivity index (χ4n) is 3.13. The average molecular weight is 330 g/mol. The molecule has 5 heteroatoms. The maximum atomic E-state index is 12.9. The Bertz CT molecular complexity index is 950. The van der Waals surface area contributed by atoms with Gasteiger partial charge in [0.1, 0.15) is 0 Å². The number of amides is 1. The minimum atomic E-state index is 0.0279. The lowest BCUT2D eigenvalue weighted by Crippen LogP contribution is -2.31. The summed E-state index contributed by atoms with van der Waals surface area (Å²) in [6.07, 6.45) is 1.91. The molecule has 25 heavy (non-hydrogen) atoms. The minimum absolute atomic E-state index is 0.0279. The van der Waals surface area contributed by atoms with Crippen molar-refractivity contribution >= 4 is 17.5 Å². The van der Waals surface area contributed by atoms with Crippen molar-refractivity contribution in [1.29, 1.82) is 0 Å². The molecule has 2 heterocycles. The molecule has 3 aromatic rings. The average Bonchev–Trinajstić information content (AvgIpc) is 2.73. The number of carbonyl (C=O) groups excluding carboxylic acids is 1. The Balaban J connectivity index is 1.82. The molecule has 0 aliphatic carbocycles. The number of nitrogens with zero attached hydrogens (tertiary/aromatic N) is 3. The molecular weight excluding hydrogens is 312 g/mol. The largest absolute Gasteiger partial charge is 0.368 e. The van der Waals surface area contributed by atoms with E-state index in [1.807, 2.05) is 29.2 Å². The number of anilines is 2. The van der Waals surface area contributed by atoms with Gasteiger partial charge in [-0.05, 0) is 18.6 Å². The van der Waals surface area contributed by atoms with Gasteiger partial charge in [-0.1, -0.05) is 48.0 Å². The van der Waals surface area contributed by atoms with Crippen LogP contribution in [0.1, 0.15) is 16.7 Å². The summed E-state index contributed by atoms with van der Waals surface area (Å²) in [6, 6.07) is 16.0. The maximum Gasteiger partial charge on any atom is 0.231 e. The lowest BCUT2D eigenvalue weighted by molar-refractivity contribution is -0.118. The Morgan fingerprint density at radius 3 is 2.68 bits per heavy atom. The molecule has 2 N–H and O–H groups in total. The first-order chi connectivity index (χ1) is 12.1. The van der Waals surface area contributed by atoms with E-state index in [0.29, 0.717) is 6.54 Å². The predicted molar refractivity (Wildman–Crippen MR) is 98.0 cm³/mol. The van der Waals surface area contributed by atoms with Crippen LogP contribution >= 0.6 is 0 Å². The van der Waals surface area contributed by atoms with Crippen molar-refractivity contribution in [3.8, 4) is 11.3 Å². The Kier molecular flexibility index (Phi) is 3.69. The van der Waals surface area contributed by atoms with Crippen molar-refractivity contribution in [2.24, 2.45) is 0 Å². The number of rotatable bonds is 2. The summed E-state index contributed by atoms with van der Waals surface area (Å²) in [5.41, 5.74) is 11.4. The third-order valence-electron chi connectivity index (χ3n) is 4.44. The van der Waals surface area contributed by atoms with E-state index in [1.54, 1.807) is 6.20 Å². The number of hydrogen-bond acceptors (Lipinski definition) is 4. The Morgan fingerprint density at radius 2 is 1.88 bits per heavy atom. The monoisotopic (exact) mass is 330 g/mol. The minimum Gasteiger partial charge on any atom is -0.368 e. The molecule has 0 radical (unpaired) electrons. The molecule has 1 aliphatic heterocycles. The van der Waals surface area contributed by atoms with Crippen LogP contribution in [-0.2, 0) is 17.8 Å². The maximum absolute atomic E-state index is 12.9. The van der Waals surface area contributed by atoms with E-state index in [-0.39, 0.29) is 18.3 Å². The molecule has 1 aromatic heterocycles. The number of nitrogen functional groups attached to an aromatic ring is 1. The van der Waals surface area contributed by atoms with Gasteiger partial charge < -0.3 is 10.6 Å². The zero-order valence-electron chi connectivity index (χ0n) is 13.9. The first kappa shape index (κ1) is 15.3. The molecule has 0 saturated heterocycles. The number of aryl methyl sites for hydroxylation is 1. The first-order valence-electron chi connectivity index (χ1n) is 8.18. The van der Waals surface area contributed by atoms with Gasteiger partial charge >= 0.3 is 0 Å². The van der Waals surface area contributed by atoms with Crippen molar-refractivity contribution in [2.75, 3.05) is 10.6 Å². The second-order valence-corrected chi connectivity index (χ2v) is 6.26. The molecule has 4 rings (SSSR count). The number of hydrogen-bond donors (Lipinski definition) is 1. The third kappa shape index (κ3) is 2.85. The standard InChI is InChI=1S/C20H18N4O/c1-13-6-8-14(9-7-13)12-24-17-5-3-2-4-16(17)19-15(10-18(24)25)11-22-20(21)23-19/h2-9,11H,10,12H2,1H3,(H2,21,22,23). The van der Waals surface area contributed by atoms with Crippen molar-refractivity contribution in [1.82, 2.24) is 9.97 Å². The smallest absolute Gasteiger partial charge is 0.231 e. The summed E-state index contributed by atoms with van der Waals surface area (Å²) in [4.78, 5) is 23.2. The summed E-state index contributed by atoms with van der Waals surface area (Å²) >= 11 is 0. The highest BCUT2D eigenvalue weighted by molar-refractivity contribution is 6.01. The highest BCUT2D eigenvalue weighted by atomic mass is 16.2. The summed E-state index contributed by atoms with van der Waals surface area (Å²) in [6.45, 7) is 2.57. The topological polar surface area (TPSA) is 72.1 Å². The second-order valence-electron chi connectivity index (χ2n) is 6.26. The van der Waals surface area contributed by atoms with Gasteiger partial charge in [0.05, 0.1) is 24.3 Å². The molecule has 5 nitrogen and oxygen atoms in total. The van der Waals surface area contributed by atoms with E-state index in [0.717, 1.165) is 28.1 Å². The molecule has 0 unspecified atom stereocenters. The van der Waals surface area contributed by atoms with E-state index in [1.165, 1.54) is 5.56 Å². The van der Waals surface area contributed by atoms with Crippen LogP contribution in [0.15, 0.2) is 54.7 Å². The molecule has 0 bridgehead atoms. The van der Waals surface area contributed by atoms with Crippen molar-refractivity contribution in [3.63, 3.8) is 0 Å². The number of fused-ring (bicyclic) bond motifs is 3. The molecule has 2 aromatic carbocycles. The van der Waals surface area contributed by atoms with Gasteiger partial charge in [-0.25, -0.2) is 9.97 Å². The van der Waals surface area contributed by atoms with Gasteiger partial charge in [0.25, 0.3) is 0 Å². The number of nitrogens with two attached hydrogens (primary N) is 1. The highest BCUT2D eigenvalue weighted by Crippen LogP contribution is 2.36. The third-order valence-corrected chi connectivity index (χ3v) is 4.44. The lowest BCUT2D eigenvalue weighted by atomic mass is 10.1. The molecule has 124 valence electrons. The summed E-state index contributed by atoms with van der Waals surface area (Å²) in [5.74, 6) is 0.244. The van der Waals surface area contributed by atoms with E-state index >= 15 is 0 Å². The Labute approximate surface area is 146 Å². The van der Waals surface area contributed by atoms with Crippen LogP contribution in [0.5, 0.6) is 0 Å². The second kappa shape index (κ2) is 6.02. The lowest BCUT2D eigenvalue weighted by Gasteiger charge is -2.23. The molecule has 0 fully saturated rings. The number of benzene rings is 2. The first-order valence-corrected chi connectivity index (χ1v) is 8.18. The van der Waals surface area contributed by atoms with Crippen LogP contribution in [0.3, 0.4) is 0 Å². The number of para-hydroxylation sites is 1. The van der Waals surface area contributed by atoms with Gasteiger partial charge in [-0.15, -0.1) is 0 Å². The summed E-state index contributed by atoms with van der Waals surface area (Å²) < 4.78 is 0. The zero-order chi connectivity index (χ0) is 17.4. The summed E-state index contributed by atoms with van der Waals surface area (Å²) in [5, 5.41) is 0. The molecule has 0 saturated carbocycles. The SMILES string of the molecule is Cc1ccc(CN2C(=O)Cc3cnc(N)nc3-c3ccccc32)cc1. The summed E-state index contributed by atoms with van der Waals surface area (Å²) in [7, 11) is 0. The van der Waals surface area contributed by atoms with Crippen LogP contribution in [0.4, 0.5) is 11.6 Å². The van der Waals surface area contributed by atoms with Crippen LogP contribution in [0.25, 0.3) is 11.3 Å². The quantitative estimate of drug-likeness (QED) is 0.783. The fraction of sp³-hybridized carbons (Fsp3) is 0.150. The van der Waals surface area contributed by atoms with Crippen LogP contribution < -0.4 is 10.6 Å². The van der Waals surface area contributed by atoms with Gasteiger partial charge in [-0.3, -0.25) is 4.79 Å². The van der Waals surface area contributed by atoms with Gasteiger partial charge in [-0.2, -0.15) is 0 Å². The van der Waals surface area contributed by atoms with E-state index < -0.39 is 0 Å². The van der Waals surface area contributed by atoms with E-state index in [2.05, 4.69) is 41.2 Å².